The molecule has 2 aliphatic carbocycles. The fourth-order valence-electron chi connectivity index (χ4n) is 5.16. The molecule has 6 nitrogen and oxygen atoms in total. The van der Waals surface area contributed by atoms with Crippen molar-refractivity contribution >= 4 is 11.1 Å². The van der Waals surface area contributed by atoms with Crippen molar-refractivity contribution in [1.82, 2.24) is 9.97 Å². The van der Waals surface area contributed by atoms with Gasteiger partial charge in [0.05, 0.1) is 16.7 Å². The number of halogens is 10. The predicted octanol–water partition coefficient (Wildman–Crippen LogP) is 4.77. The van der Waals surface area contributed by atoms with E-state index in [1.807, 2.05) is 0 Å². The number of nitriles is 2. The Morgan fingerprint density at radius 2 is 0.909 bits per heavy atom. The van der Waals surface area contributed by atoms with Crippen LogP contribution >= 0.6 is 0 Å². The average Bonchev–Trinajstić information content (AvgIpc) is 3.57. The van der Waals surface area contributed by atoms with Gasteiger partial charge in [0.2, 0.25) is 0 Å². The van der Waals surface area contributed by atoms with Crippen LogP contribution in [0, 0.1) is 94.5 Å². The van der Waals surface area contributed by atoms with Crippen LogP contribution in [-0.2, 0) is 12.8 Å². The van der Waals surface area contributed by atoms with Crippen molar-refractivity contribution in [3.8, 4) is 12.1 Å². The Kier molecular flexibility index (Phi) is 6.95. The lowest BCUT2D eigenvalue weighted by Gasteiger charge is -2.10. The molecule has 0 radical (unpaired) electrons. The van der Waals surface area contributed by atoms with Crippen LogP contribution in [0.4, 0.5) is 43.9 Å². The van der Waals surface area contributed by atoms with Gasteiger partial charge in [-0.2, -0.15) is 47.7 Å². The van der Waals surface area contributed by atoms with E-state index in [1.54, 1.807) is 0 Å². The van der Waals surface area contributed by atoms with Crippen LogP contribution in [0.5, 0.6) is 0 Å². The highest BCUT2D eigenvalue weighted by molar-refractivity contribution is 5.89. The van der Waals surface area contributed by atoms with Gasteiger partial charge in [-0.1, -0.05) is 0 Å². The molecule has 0 fully saturated rings. The fraction of sp³-hybridized carbons (Fsp3) is 0.0714. The van der Waals surface area contributed by atoms with Gasteiger partial charge < -0.3 is 0 Å². The Morgan fingerprint density at radius 1 is 0.568 bits per heavy atom. The third-order valence-corrected chi connectivity index (χ3v) is 6.89. The van der Waals surface area contributed by atoms with Gasteiger partial charge in [-0.15, -0.1) is 0 Å². The zero-order valence-corrected chi connectivity index (χ0v) is 20.9. The number of hydrogen-bond donors (Lipinski definition) is 0. The van der Waals surface area contributed by atoms with Crippen molar-refractivity contribution in [1.29, 1.82) is 10.5 Å². The summed E-state index contributed by atoms with van der Waals surface area (Å²) in [5.74, 6) is -22.2. The highest BCUT2D eigenvalue weighted by Gasteiger charge is 2.40. The van der Waals surface area contributed by atoms with E-state index in [2.05, 4.69) is 19.7 Å². The topological polar surface area (TPSA) is 82.1 Å². The minimum Gasteiger partial charge on any atom is -0.206 e. The van der Waals surface area contributed by atoms with E-state index >= 15 is 8.78 Å². The molecular weight excluding hydrogens is 610 g/mol. The first-order valence-electron chi connectivity index (χ1n) is 11.5. The SMILES string of the molecule is [C-]#[N+]C([N+]#[C-])=C1Cc2c(F)c3c(c(F)c2=C1c1c(F)c(F)nc(F)c1F)CC(=C(C#N)C#N)C=3c1c(F)c(F)nc(F)c1F. The Hall–Kier alpha value is -6.00. The number of benzene rings is 1. The van der Waals surface area contributed by atoms with E-state index in [1.165, 1.54) is 12.1 Å². The standard InChI is InChI=1S/C28H4F10N6/c1-41-28(42-2)11-4-10-15(13(11)17-22(33)26(37)44-27(38)23(17)34)18(29)9-3-8(7(5-39)6-40)12(14(9)19(10)30)16-20(31)24(35)43-25(36)21(16)32/h3-4H2. The van der Waals surface area contributed by atoms with E-state index in [0.717, 1.165) is 0 Å². The molecule has 0 amide bonds. The molecule has 0 bridgehead atoms. The Bertz CT molecular complexity index is 2030. The summed E-state index contributed by atoms with van der Waals surface area (Å²) in [6, 6.07) is 2.66. The Balaban J connectivity index is 2.12. The summed E-state index contributed by atoms with van der Waals surface area (Å²) >= 11 is 0. The van der Waals surface area contributed by atoms with Crippen LogP contribution in [0.3, 0.4) is 0 Å². The van der Waals surface area contributed by atoms with Crippen molar-refractivity contribution in [3.63, 3.8) is 0 Å². The highest BCUT2D eigenvalue weighted by atomic mass is 19.2. The molecule has 0 saturated heterocycles. The number of allylic oxidation sites excluding steroid dienone is 3. The van der Waals surface area contributed by atoms with Gasteiger partial charge in [-0.3, -0.25) is 0 Å². The van der Waals surface area contributed by atoms with Gasteiger partial charge in [0.25, 0.3) is 23.8 Å². The minimum atomic E-state index is -2.23. The van der Waals surface area contributed by atoms with Gasteiger partial charge in [0.1, 0.15) is 42.5 Å². The number of rotatable bonds is 2. The molecule has 1 aromatic carbocycles. The molecule has 2 aliphatic rings. The fourth-order valence-corrected chi connectivity index (χ4v) is 5.16. The van der Waals surface area contributed by atoms with E-state index in [9.17, 15) is 45.6 Å². The van der Waals surface area contributed by atoms with Crippen molar-refractivity contribution in [2.75, 3.05) is 0 Å². The molecule has 5 rings (SSSR count). The summed E-state index contributed by atoms with van der Waals surface area (Å²) in [4.78, 5) is 10.4. The molecule has 0 unspecified atom stereocenters. The molecule has 0 aliphatic heterocycles. The molecule has 2 aromatic heterocycles. The monoisotopic (exact) mass is 614 g/mol. The third kappa shape index (κ3) is 3.92. The number of pyridine rings is 2. The zero-order valence-electron chi connectivity index (χ0n) is 20.9. The van der Waals surface area contributed by atoms with E-state index in [4.69, 9.17) is 13.1 Å². The van der Waals surface area contributed by atoms with Crippen LogP contribution in [0.2, 0.25) is 0 Å². The molecule has 0 spiro atoms. The predicted molar refractivity (Wildman–Crippen MR) is 125 cm³/mol. The number of hydrogen-bond acceptors (Lipinski definition) is 4. The normalized spacial score (nSPS) is 13.2. The van der Waals surface area contributed by atoms with Crippen LogP contribution in [-0.4, -0.2) is 9.97 Å². The molecule has 216 valence electrons. The summed E-state index contributed by atoms with van der Waals surface area (Å²) in [5.41, 5.74) is -10.3. The maximum Gasteiger partial charge on any atom is 0.523 e. The zero-order chi connectivity index (χ0) is 32.4. The molecule has 0 N–H and O–H groups in total. The van der Waals surface area contributed by atoms with Gasteiger partial charge in [0.15, 0.2) is 23.3 Å². The molecule has 0 saturated carbocycles. The number of fused-ring (bicyclic) bond motifs is 2. The van der Waals surface area contributed by atoms with Gasteiger partial charge in [-0.05, 0) is 11.1 Å². The van der Waals surface area contributed by atoms with Crippen LogP contribution in [0.1, 0.15) is 22.3 Å². The van der Waals surface area contributed by atoms with E-state index in [-0.39, 0.29) is 0 Å². The second-order valence-electron chi connectivity index (χ2n) is 8.93. The summed E-state index contributed by atoms with van der Waals surface area (Å²) < 4.78 is 149. The van der Waals surface area contributed by atoms with Crippen molar-refractivity contribution < 1.29 is 43.9 Å². The summed E-state index contributed by atoms with van der Waals surface area (Å²) in [6.07, 6.45) is -2.14. The highest BCUT2D eigenvalue weighted by Crippen LogP contribution is 2.40. The third-order valence-electron chi connectivity index (χ3n) is 6.89. The molecule has 0 atom stereocenters. The average molecular weight is 614 g/mol. The Morgan fingerprint density at radius 3 is 1.25 bits per heavy atom. The molecule has 2 heterocycles. The maximum atomic E-state index is 16.4. The van der Waals surface area contributed by atoms with E-state index < -0.39 is 138 Å². The second kappa shape index (κ2) is 10.4. The van der Waals surface area contributed by atoms with Gasteiger partial charge >= 0.3 is 5.82 Å². The number of nitrogens with zero attached hydrogens (tertiary/aromatic N) is 6. The molecular formula is C28H4F10N6. The van der Waals surface area contributed by atoms with Crippen molar-refractivity contribution in [2.24, 2.45) is 0 Å². The Labute approximate surface area is 237 Å². The van der Waals surface area contributed by atoms with Crippen LogP contribution < -0.4 is 10.4 Å². The molecule has 3 aromatic rings. The minimum absolute atomic E-state index is 0.806. The lowest BCUT2D eigenvalue weighted by molar-refractivity contribution is 0.403. The smallest absolute Gasteiger partial charge is 0.206 e. The first-order chi connectivity index (χ1) is 20.8. The first kappa shape index (κ1) is 29.5. The quantitative estimate of drug-likeness (QED) is 0.180. The van der Waals surface area contributed by atoms with Crippen LogP contribution in [0.25, 0.3) is 20.8 Å². The lowest BCUT2D eigenvalue weighted by Crippen LogP contribution is -2.28. The van der Waals surface area contributed by atoms with Crippen molar-refractivity contribution in [3.05, 3.63) is 137 Å². The van der Waals surface area contributed by atoms with Crippen LogP contribution in [0.15, 0.2) is 22.5 Å². The summed E-state index contributed by atoms with van der Waals surface area (Å²) in [7, 11) is 0. The number of aromatic nitrogens is 2. The van der Waals surface area contributed by atoms with Crippen molar-refractivity contribution in [2.45, 2.75) is 12.8 Å². The summed E-state index contributed by atoms with van der Waals surface area (Å²) in [5, 5.41) is 16.6. The lowest BCUT2D eigenvalue weighted by atomic mass is 9.95. The summed E-state index contributed by atoms with van der Waals surface area (Å²) in [6.45, 7) is 14.5. The van der Waals surface area contributed by atoms with Gasteiger partial charge in [-0.25, -0.2) is 26.3 Å². The van der Waals surface area contributed by atoms with E-state index in [0.29, 0.717) is 0 Å². The maximum absolute atomic E-state index is 16.4. The molecule has 16 heteroatoms. The van der Waals surface area contributed by atoms with Gasteiger partial charge in [0, 0.05) is 40.0 Å². The molecule has 44 heavy (non-hydrogen) atoms. The first-order valence-corrected chi connectivity index (χ1v) is 11.5. The largest absolute Gasteiger partial charge is 0.523 e. The second-order valence-corrected chi connectivity index (χ2v) is 8.93.